The molecule has 1 aromatic carbocycles. The molecule has 0 bridgehead atoms. The van der Waals surface area contributed by atoms with Gasteiger partial charge in [-0.15, -0.1) is 0 Å². The predicted octanol–water partition coefficient (Wildman–Crippen LogP) is 4.04. The molecule has 3 heteroatoms. The van der Waals surface area contributed by atoms with Crippen LogP contribution in [0.25, 0.3) is 4.47 Å². The van der Waals surface area contributed by atoms with Crippen molar-refractivity contribution in [3.05, 3.63) is 34.9 Å². The van der Waals surface area contributed by atoms with Crippen molar-refractivity contribution in [2.45, 2.75) is 52.0 Å². The molecule has 1 aliphatic rings. The average Bonchev–Trinajstić information content (AvgIpc) is 2.53. The van der Waals surface area contributed by atoms with E-state index in [4.69, 9.17) is 4.74 Å². The number of ether oxygens (including phenoxy) is 1. The number of rotatable bonds is 5. The molecule has 2 nitrogen and oxygen atoms in total. The van der Waals surface area contributed by atoms with Crippen LogP contribution in [0.3, 0.4) is 0 Å². The third-order valence-corrected chi connectivity index (χ3v) is 6.56. The van der Waals surface area contributed by atoms with Gasteiger partial charge in [-0.1, -0.05) is 0 Å². The van der Waals surface area contributed by atoms with E-state index in [-0.39, 0.29) is 5.92 Å². The molecule has 0 spiro atoms. The normalized spacial score (nSPS) is 16.0. The maximum atomic E-state index is 9.64. The van der Waals surface area contributed by atoms with Crippen molar-refractivity contribution < 1.29 is 9.84 Å². The van der Waals surface area contributed by atoms with Gasteiger partial charge in [0.15, 0.2) is 0 Å². The molecule has 23 heavy (non-hydrogen) atoms. The van der Waals surface area contributed by atoms with E-state index in [1.807, 2.05) is 6.92 Å². The number of hydrogen-bond donors (Lipinski definition) is 1. The maximum absolute atomic E-state index is 9.64. The average molecular weight is 377 g/mol. The number of aliphatic hydroxyl groups excluding tert-OH is 1. The van der Waals surface area contributed by atoms with Crippen LogP contribution in [0.4, 0.5) is 0 Å². The standard InChI is InChI=1S/C20H26O2Se/c1-5-6-11-23-20-17(9-8-15(3)16(4)21)13-22-19-10-7-14(2)12-18(19)20/h7,10,12,15-16,21H,5-6,11,13H2,1-4H3. The summed E-state index contributed by atoms with van der Waals surface area (Å²) in [7, 11) is 0. The molecule has 1 N–H and O–H groups in total. The molecule has 2 unspecified atom stereocenters. The third-order valence-electron chi connectivity index (χ3n) is 3.94. The molecule has 0 aromatic heterocycles. The van der Waals surface area contributed by atoms with Crippen LogP contribution in [0.1, 0.15) is 44.7 Å². The van der Waals surface area contributed by atoms with Crippen molar-refractivity contribution in [2.75, 3.05) is 6.61 Å². The van der Waals surface area contributed by atoms with Gasteiger partial charge in [-0.25, -0.2) is 0 Å². The quantitative estimate of drug-likeness (QED) is 0.477. The molecule has 2 atom stereocenters. The van der Waals surface area contributed by atoms with E-state index in [1.54, 1.807) is 6.92 Å². The van der Waals surface area contributed by atoms with E-state index >= 15 is 0 Å². The molecule has 0 amide bonds. The van der Waals surface area contributed by atoms with E-state index in [0.717, 1.165) is 11.3 Å². The van der Waals surface area contributed by atoms with Crippen LogP contribution in [-0.2, 0) is 0 Å². The molecule has 124 valence electrons. The van der Waals surface area contributed by atoms with Crippen molar-refractivity contribution in [3.63, 3.8) is 0 Å². The van der Waals surface area contributed by atoms with Gasteiger partial charge in [-0.2, -0.15) is 0 Å². The van der Waals surface area contributed by atoms with E-state index in [0.29, 0.717) is 21.6 Å². The number of unbranched alkanes of at least 4 members (excludes halogenated alkanes) is 1. The Hall–Kier alpha value is -1.20. The summed E-state index contributed by atoms with van der Waals surface area (Å²) in [5, 5.41) is 10.9. The molecule has 0 saturated heterocycles. The molecule has 1 aromatic rings. The zero-order valence-corrected chi connectivity index (χ0v) is 16.2. The topological polar surface area (TPSA) is 29.5 Å². The fourth-order valence-corrected chi connectivity index (χ4v) is 4.82. The fourth-order valence-electron chi connectivity index (χ4n) is 2.22. The van der Waals surface area contributed by atoms with E-state index < -0.39 is 6.10 Å². The van der Waals surface area contributed by atoms with Crippen LogP contribution in [0, 0.1) is 24.7 Å². The van der Waals surface area contributed by atoms with Crippen LogP contribution < -0.4 is 4.74 Å². The van der Waals surface area contributed by atoms with Crippen molar-refractivity contribution in [1.29, 1.82) is 0 Å². The Balaban J connectivity index is 2.37. The monoisotopic (exact) mass is 378 g/mol. The van der Waals surface area contributed by atoms with Gasteiger partial charge >= 0.3 is 146 Å². The van der Waals surface area contributed by atoms with Crippen LogP contribution >= 0.6 is 0 Å². The van der Waals surface area contributed by atoms with Gasteiger partial charge in [0.25, 0.3) is 0 Å². The second-order valence-electron chi connectivity index (χ2n) is 6.10. The van der Waals surface area contributed by atoms with Crippen molar-refractivity contribution in [1.82, 2.24) is 0 Å². The van der Waals surface area contributed by atoms with Crippen LogP contribution in [0.15, 0.2) is 23.8 Å². The van der Waals surface area contributed by atoms with Crippen LogP contribution in [0.2, 0.25) is 5.32 Å². The van der Waals surface area contributed by atoms with Gasteiger partial charge in [0.2, 0.25) is 0 Å². The number of fused-ring (bicyclic) bond motifs is 1. The Labute approximate surface area is 146 Å². The molecule has 0 aliphatic carbocycles. The zero-order valence-electron chi connectivity index (χ0n) is 14.5. The molecular weight excluding hydrogens is 351 g/mol. The van der Waals surface area contributed by atoms with Crippen LogP contribution in [-0.4, -0.2) is 32.8 Å². The Morgan fingerprint density at radius 1 is 1.35 bits per heavy atom. The third kappa shape index (κ3) is 4.88. The molecule has 0 fully saturated rings. The van der Waals surface area contributed by atoms with Crippen LogP contribution in [0.5, 0.6) is 5.75 Å². The number of hydrogen-bond acceptors (Lipinski definition) is 2. The molecular formula is C20H26O2Se. The summed E-state index contributed by atoms with van der Waals surface area (Å²) in [5.74, 6) is 7.45. The molecule has 2 rings (SSSR count). The first-order valence-corrected chi connectivity index (χ1v) is 10.4. The van der Waals surface area contributed by atoms with Gasteiger partial charge in [0.1, 0.15) is 0 Å². The van der Waals surface area contributed by atoms with Gasteiger partial charge < -0.3 is 0 Å². The minimum absolute atomic E-state index is 0.0224. The van der Waals surface area contributed by atoms with Gasteiger partial charge in [-0.3, -0.25) is 0 Å². The first kappa shape index (κ1) is 18.1. The molecule has 0 radical (unpaired) electrons. The fraction of sp³-hybridized carbons (Fsp3) is 0.500. The van der Waals surface area contributed by atoms with Gasteiger partial charge in [0.05, 0.1) is 0 Å². The first-order valence-electron chi connectivity index (χ1n) is 8.32. The second kappa shape index (κ2) is 8.60. The van der Waals surface area contributed by atoms with Gasteiger partial charge in [-0.05, 0) is 0 Å². The van der Waals surface area contributed by atoms with Gasteiger partial charge in [0, 0.05) is 0 Å². The Bertz CT molecular complexity index is 635. The van der Waals surface area contributed by atoms with E-state index in [1.165, 1.54) is 33.8 Å². The van der Waals surface area contributed by atoms with Crippen molar-refractivity contribution in [2.24, 2.45) is 5.92 Å². The Kier molecular flexibility index (Phi) is 6.78. The summed E-state index contributed by atoms with van der Waals surface area (Å²) in [4.78, 5) is 0. The molecule has 1 heterocycles. The summed E-state index contributed by atoms with van der Waals surface area (Å²) in [5.41, 5.74) is 3.58. The van der Waals surface area contributed by atoms with E-state index in [2.05, 4.69) is 43.9 Å². The van der Waals surface area contributed by atoms with Crippen molar-refractivity contribution >= 4 is 19.4 Å². The summed E-state index contributed by atoms with van der Waals surface area (Å²) in [6, 6.07) is 6.39. The Morgan fingerprint density at radius 2 is 2.13 bits per heavy atom. The summed E-state index contributed by atoms with van der Waals surface area (Å²) >= 11 is 0.417. The zero-order chi connectivity index (χ0) is 16.8. The molecule has 1 aliphatic heterocycles. The first-order chi connectivity index (χ1) is 11.0. The van der Waals surface area contributed by atoms with E-state index in [9.17, 15) is 5.11 Å². The SMILES string of the molecule is CCCC[Se]C1=C(C#CC(C)C(C)O)COc2ccc(C)cc21. The number of benzene rings is 1. The summed E-state index contributed by atoms with van der Waals surface area (Å²) < 4.78 is 7.30. The minimum atomic E-state index is -0.406. The molecule has 0 saturated carbocycles. The summed E-state index contributed by atoms with van der Waals surface area (Å²) in [6.45, 7) is 8.65. The Morgan fingerprint density at radius 3 is 2.83 bits per heavy atom. The number of aryl methyl sites for hydroxylation is 1. The predicted molar refractivity (Wildman–Crippen MR) is 97.7 cm³/mol. The number of aliphatic hydroxyl groups is 1. The second-order valence-corrected chi connectivity index (χ2v) is 8.42. The summed E-state index contributed by atoms with van der Waals surface area (Å²) in [6.07, 6.45) is 2.08. The van der Waals surface area contributed by atoms with Crippen molar-refractivity contribution in [3.8, 4) is 17.6 Å².